The Kier molecular flexibility index (Phi) is 7.26. The van der Waals surface area contributed by atoms with Gasteiger partial charge in [-0.2, -0.15) is 0 Å². The number of carbonyl (C=O) groups excluding carboxylic acids is 1. The number of piperidine rings is 1. The summed E-state index contributed by atoms with van der Waals surface area (Å²) in [5, 5.41) is 0. The van der Waals surface area contributed by atoms with Gasteiger partial charge < -0.3 is 10.6 Å². The van der Waals surface area contributed by atoms with Crippen LogP contribution in [-0.2, 0) is 4.79 Å². The first kappa shape index (κ1) is 18.9. The highest BCUT2D eigenvalue weighted by molar-refractivity contribution is 5.85. The van der Waals surface area contributed by atoms with Gasteiger partial charge in [-0.1, -0.05) is 12.1 Å². The van der Waals surface area contributed by atoms with E-state index in [-0.39, 0.29) is 36.2 Å². The molecule has 124 valence electrons. The predicted octanol–water partition coefficient (Wildman–Crippen LogP) is 2.19. The molecule has 0 saturated carbocycles. The van der Waals surface area contributed by atoms with Crippen molar-refractivity contribution in [2.75, 3.05) is 26.7 Å². The van der Waals surface area contributed by atoms with Crippen molar-refractivity contribution in [3.8, 4) is 0 Å². The lowest BCUT2D eigenvalue weighted by Gasteiger charge is -2.32. The minimum Gasteiger partial charge on any atom is -0.338 e. The van der Waals surface area contributed by atoms with Crippen LogP contribution in [0.5, 0.6) is 0 Å². The van der Waals surface area contributed by atoms with E-state index in [1.165, 1.54) is 12.1 Å². The number of rotatable bonds is 4. The van der Waals surface area contributed by atoms with Crippen LogP contribution in [0.25, 0.3) is 0 Å². The summed E-state index contributed by atoms with van der Waals surface area (Å²) in [4.78, 5) is 16.2. The van der Waals surface area contributed by atoms with Gasteiger partial charge in [0.25, 0.3) is 0 Å². The molecule has 6 heteroatoms. The van der Waals surface area contributed by atoms with Crippen LogP contribution < -0.4 is 5.73 Å². The number of likely N-dealkylation sites (tertiary alicyclic amines) is 1. The summed E-state index contributed by atoms with van der Waals surface area (Å²) in [5.74, 6) is -0.174. The lowest BCUT2D eigenvalue weighted by molar-refractivity contribution is -0.133. The van der Waals surface area contributed by atoms with E-state index >= 15 is 0 Å². The van der Waals surface area contributed by atoms with Crippen LogP contribution >= 0.6 is 12.4 Å². The quantitative estimate of drug-likeness (QED) is 0.921. The van der Waals surface area contributed by atoms with Gasteiger partial charge in [0, 0.05) is 26.2 Å². The van der Waals surface area contributed by atoms with Crippen molar-refractivity contribution in [1.82, 2.24) is 9.80 Å². The Morgan fingerprint density at radius 3 is 2.45 bits per heavy atom. The molecular formula is C16H25ClFN3O. The molecule has 1 fully saturated rings. The summed E-state index contributed by atoms with van der Waals surface area (Å²) < 4.78 is 13.0. The second-order valence-electron chi connectivity index (χ2n) is 5.85. The van der Waals surface area contributed by atoms with Crippen molar-refractivity contribution in [2.24, 2.45) is 5.73 Å². The zero-order valence-corrected chi connectivity index (χ0v) is 14.0. The second-order valence-corrected chi connectivity index (χ2v) is 5.85. The van der Waals surface area contributed by atoms with Crippen molar-refractivity contribution in [3.63, 3.8) is 0 Å². The van der Waals surface area contributed by atoms with E-state index in [0.29, 0.717) is 6.54 Å². The maximum absolute atomic E-state index is 13.0. The van der Waals surface area contributed by atoms with Gasteiger partial charge in [0.2, 0.25) is 5.91 Å². The van der Waals surface area contributed by atoms with Gasteiger partial charge in [0.15, 0.2) is 0 Å². The molecule has 1 saturated heterocycles. The molecule has 1 heterocycles. The molecule has 1 atom stereocenters. The smallest absolute Gasteiger partial charge is 0.236 e. The van der Waals surface area contributed by atoms with Crippen LogP contribution in [0.3, 0.4) is 0 Å². The van der Waals surface area contributed by atoms with E-state index in [1.807, 2.05) is 6.92 Å². The first-order chi connectivity index (χ1) is 9.97. The third-order valence-electron chi connectivity index (χ3n) is 4.32. The molecule has 1 unspecified atom stereocenters. The molecule has 4 nitrogen and oxygen atoms in total. The summed E-state index contributed by atoms with van der Waals surface area (Å²) >= 11 is 0. The molecule has 0 radical (unpaired) electrons. The zero-order chi connectivity index (χ0) is 15.4. The molecule has 1 aromatic rings. The average Bonchev–Trinajstić information content (AvgIpc) is 2.49. The van der Waals surface area contributed by atoms with Crippen LogP contribution in [0, 0.1) is 5.82 Å². The molecule has 22 heavy (non-hydrogen) atoms. The number of benzene rings is 1. The minimum atomic E-state index is -0.260. The Balaban J connectivity index is 0.00000242. The summed E-state index contributed by atoms with van der Waals surface area (Å²) in [7, 11) is 1.80. The summed E-state index contributed by atoms with van der Waals surface area (Å²) in [6.07, 6.45) is 1.90. The van der Waals surface area contributed by atoms with E-state index in [9.17, 15) is 9.18 Å². The number of halogens is 2. The van der Waals surface area contributed by atoms with Crippen molar-refractivity contribution in [1.29, 1.82) is 0 Å². The van der Waals surface area contributed by atoms with E-state index in [2.05, 4.69) is 4.90 Å². The highest BCUT2D eigenvalue weighted by Gasteiger charge is 2.22. The molecule has 1 aliphatic heterocycles. The van der Waals surface area contributed by atoms with Crippen LogP contribution in [0.15, 0.2) is 24.3 Å². The third kappa shape index (κ3) is 4.93. The monoisotopic (exact) mass is 329 g/mol. The molecule has 0 aromatic heterocycles. The fraction of sp³-hybridized carbons (Fsp3) is 0.562. The molecular weight excluding hydrogens is 305 g/mol. The van der Waals surface area contributed by atoms with Crippen LogP contribution in [0.1, 0.15) is 31.4 Å². The van der Waals surface area contributed by atoms with Crippen LogP contribution in [0.2, 0.25) is 0 Å². The fourth-order valence-corrected chi connectivity index (χ4v) is 2.59. The predicted molar refractivity (Wildman–Crippen MR) is 88.5 cm³/mol. The van der Waals surface area contributed by atoms with Gasteiger partial charge in [-0.05, 0) is 37.5 Å². The van der Waals surface area contributed by atoms with E-state index in [4.69, 9.17) is 5.73 Å². The zero-order valence-electron chi connectivity index (χ0n) is 13.2. The Morgan fingerprint density at radius 2 is 1.91 bits per heavy atom. The van der Waals surface area contributed by atoms with Crippen LogP contribution in [-0.4, -0.2) is 48.4 Å². The second kappa shape index (κ2) is 8.46. The van der Waals surface area contributed by atoms with E-state index < -0.39 is 0 Å². The van der Waals surface area contributed by atoms with Crippen molar-refractivity contribution >= 4 is 18.3 Å². The molecule has 1 aliphatic rings. The number of nitrogens with two attached hydrogens (primary N) is 1. The van der Waals surface area contributed by atoms with Gasteiger partial charge in [-0.3, -0.25) is 9.69 Å². The molecule has 1 amide bonds. The number of amides is 1. The van der Waals surface area contributed by atoms with E-state index in [1.54, 1.807) is 24.1 Å². The first-order valence-corrected chi connectivity index (χ1v) is 7.46. The van der Waals surface area contributed by atoms with Crippen molar-refractivity contribution in [2.45, 2.75) is 31.8 Å². The molecule has 0 aliphatic carbocycles. The fourth-order valence-electron chi connectivity index (χ4n) is 2.59. The average molecular weight is 330 g/mol. The molecule has 0 bridgehead atoms. The summed E-state index contributed by atoms with van der Waals surface area (Å²) in [5.41, 5.74) is 6.81. The molecule has 0 spiro atoms. The lowest BCUT2D eigenvalue weighted by Crippen LogP contribution is -2.45. The Hall–Kier alpha value is -1.17. The standard InChI is InChI=1S/C16H24FN3O.ClH/c1-12(13-3-5-14(17)6-4-13)19(2)16(21)11-20-9-7-15(18)8-10-20;/h3-6,12,15H,7-11,18H2,1-2H3;1H. The topological polar surface area (TPSA) is 49.6 Å². The third-order valence-corrected chi connectivity index (χ3v) is 4.32. The highest BCUT2D eigenvalue weighted by Crippen LogP contribution is 2.19. The van der Waals surface area contributed by atoms with Gasteiger partial charge >= 0.3 is 0 Å². The minimum absolute atomic E-state index is 0. The summed E-state index contributed by atoms with van der Waals surface area (Å²) in [6, 6.07) is 6.51. The van der Waals surface area contributed by atoms with Gasteiger partial charge in [-0.15, -0.1) is 12.4 Å². The molecule has 2 rings (SSSR count). The van der Waals surface area contributed by atoms with Crippen molar-refractivity contribution < 1.29 is 9.18 Å². The van der Waals surface area contributed by atoms with Gasteiger partial charge in [-0.25, -0.2) is 4.39 Å². The number of hydrogen-bond donors (Lipinski definition) is 1. The number of carbonyl (C=O) groups is 1. The Bertz CT molecular complexity index is 475. The molecule has 1 aromatic carbocycles. The van der Waals surface area contributed by atoms with Gasteiger partial charge in [0.1, 0.15) is 5.82 Å². The van der Waals surface area contributed by atoms with Crippen LogP contribution in [0.4, 0.5) is 4.39 Å². The SMILES string of the molecule is CC(c1ccc(F)cc1)N(C)C(=O)CN1CCC(N)CC1.Cl. The van der Waals surface area contributed by atoms with Gasteiger partial charge in [0.05, 0.1) is 12.6 Å². The Morgan fingerprint density at radius 1 is 1.36 bits per heavy atom. The highest BCUT2D eigenvalue weighted by atomic mass is 35.5. The van der Waals surface area contributed by atoms with Crippen molar-refractivity contribution in [3.05, 3.63) is 35.6 Å². The molecule has 2 N–H and O–H groups in total. The number of hydrogen-bond acceptors (Lipinski definition) is 3. The largest absolute Gasteiger partial charge is 0.338 e. The maximum Gasteiger partial charge on any atom is 0.236 e. The normalized spacial score (nSPS) is 17.6. The number of nitrogens with zero attached hydrogens (tertiary/aromatic N) is 2. The number of likely N-dealkylation sites (N-methyl/N-ethyl adjacent to an activating group) is 1. The maximum atomic E-state index is 13.0. The Labute approximate surface area is 137 Å². The lowest BCUT2D eigenvalue weighted by atomic mass is 10.1. The first-order valence-electron chi connectivity index (χ1n) is 7.46. The summed E-state index contributed by atoms with van der Waals surface area (Å²) in [6.45, 7) is 4.14. The van der Waals surface area contributed by atoms with E-state index in [0.717, 1.165) is 31.5 Å².